The van der Waals surface area contributed by atoms with Gasteiger partial charge < -0.3 is 10.6 Å². The lowest BCUT2D eigenvalue weighted by Crippen LogP contribution is -2.27. The monoisotopic (exact) mass is 274 g/mol. The first-order chi connectivity index (χ1) is 8.17. The molecule has 0 spiro atoms. The Bertz CT molecular complexity index is 306. The second kappa shape index (κ2) is 7.80. The number of anilines is 1. The number of rotatable bonds is 7. The fourth-order valence-electron chi connectivity index (χ4n) is 1.79. The molecule has 96 valence electrons. The van der Waals surface area contributed by atoms with Crippen LogP contribution in [0, 0.1) is 0 Å². The smallest absolute Gasteiger partial charge is 0.0399 e. The minimum atomic E-state index is 0.197. The topological polar surface area (TPSA) is 29.3 Å². The molecule has 2 nitrogen and oxygen atoms in total. The molecule has 2 N–H and O–H groups in total. The van der Waals surface area contributed by atoms with Crippen LogP contribution in [-0.2, 0) is 6.42 Å². The Morgan fingerprint density at radius 2 is 1.65 bits per heavy atom. The molecule has 1 aromatic rings. The van der Waals surface area contributed by atoms with Gasteiger partial charge in [0.2, 0.25) is 0 Å². The summed E-state index contributed by atoms with van der Waals surface area (Å²) in [4.78, 5) is 2.19. The van der Waals surface area contributed by atoms with Crippen LogP contribution < -0.4 is 10.6 Å². The van der Waals surface area contributed by atoms with Crippen LogP contribution in [0.3, 0.4) is 0 Å². The predicted octanol–water partition coefficient (Wildman–Crippen LogP) is 2.86. The maximum absolute atomic E-state index is 5.78. The van der Waals surface area contributed by atoms with Crippen molar-refractivity contribution < 1.29 is 0 Å². The molecule has 0 unspecified atom stereocenters. The van der Waals surface area contributed by atoms with E-state index in [1.165, 1.54) is 11.3 Å². The largest absolute Gasteiger partial charge is 0.369 e. The molecule has 0 saturated heterocycles. The highest BCUT2D eigenvalue weighted by Gasteiger charge is 2.05. The minimum Gasteiger partial charge on any atom is -0.369 e. The van der Waals surface area contributed by atoms with E-state index < -0.39 is 0 Å². The molecule has 17 heavy (non-hydrogen) atoms. The zero-order valence-corrected chi connectivity index (χ0v) is 11.7. The Morgan fingerprint density at radius 1 is 1.12 bits per heavy atom. The summed E-state index contributed by atoms with van der Waals surface area (Å²) in [7, 11) is 0. The van der Waals surface area contributed by atoms with Crippen LogP contribution in [0.25, 0.3) is 0 Å². The predicted molar refractivity (Wildman–Crippen MR) is 77.4 cm³/mol. The highest BCUT2D eigenvalue weighted by molar-refractivity contribution is 6.18. The second-order valence-electron chi connectivity index (χ2n) is 4.21. The van der Waals surface area contributed by atoms with Crippen LogP contribution in [-0.4, -0.2) is 30.9 Å². The SMILES string of the molecule is C[C@@H](N)Cc1ccc(N(CCCl)CCCl)cc1. The summed E-state index contributed by atoms with van der Waals surface area (Å²) in [5.41, 5.74) is 8.20. The average Bonchev–Trinajstić information content (AvgIpc) is 2.29. The summed E-state index contributed by atoms with van der Waals surface area (Å²) in [6.45, 7) is 3.66. The Morgan fingerprint density at radius 3 is 2.06 bits per heavy atom. The molecule has 0 aliphatic rings. The third kappa shape index (κ3) is 5.15. The van der Waals surface area contributed by atoms with E-state index in [0.29, 0.717) is 11.8 Å². The molecular weight excluding hydrogens is 255 g/mol. The van der Waals surface area contributed by atoms with Crippen molar-refractivity contribution in [2.45, 2.75) is 19.4 Å². The van der Waals surface area contributed by atoms with Crippen LogP contribution in [0.15, 0.2) is 24.3 Å². The van der Waals surface area contributed by atoms with Crippen molar-refractivity contribution >= 4 is 28.9 Å². The zero-order chi connectivity index (χ0) is 12.7. The van der Waals surface area contributed by atoms with Gasteiger partial charge in [-0.05, 0) is 31.0 Å². The third-order valence-electron chi connectivity index (χ3n) is 2.57. The highest BCUT2D eigenvalue weighted by atomic mass is 35.5. The molecule has 1 aromatic carbocycles. The van der Waals surface area contributed by atoms with Crippen molar-refractivity contribution in [1.82, 2.24) is 0 Å². The maximum atomic E-state index is 5.78. The average molecular weight is 275 g/mol. The van der Waals surface area contributed by atoms with Gasteiger partial charge >= 0.3 is 0 Å². The number of hydrogen-bond donors (Lipinski definition) is 1. The molecule has 0 aliphatic heterocycles. The fraction of sp³-hybridized carbons (Fsp3) is 0.538. The van der Waals surface area contributed by atoms with Gasteiger partial charge in [-0.15, -0.1) is 23.2 Å². The summed E-state index contributed by atoms with van der Waals surface area (Å²) in [6.07, 6.45) is 0.908. The number of nitrogens with two attached hydrogens (primary N) is 1. The summed E-state index contributed by atoms with van der Waals surface area (Å²) >= 11 is 11.6. The molecule has 0 fully saturated rings. The standard InChI is InChI=1S/C13H20Cl2N2/c1-11(16)10-12-2-4-13(5-3-12)17(8-6-14)9-7-15/h2-5,11H,6-10,16H2,1H3/t11-/m1/s1. The van der Waals surface area contributed by atoms with E-state index in [4.69, 9.17) is 28.9 Å². The lowest BCUT2D eigenvalue weighted by Gasteiger charge is -2.23. The van der Waals surface area contributed by atoms with E-state index in [1.807, 2.05) is 6.92 Å². The molecule has 1 rings (SSSR count). The first-order valence-electron chi connectivity index (χ1n) is 5.88. The number of benzene rings is 1. The van der Waals surface area contributed by atoms with Crippen LogP contribution in [0.5, 0.6) is 0 Å². The van der Waals surface area contributed by atoms with E-state index in [0.717, 1.165) is 19.5 Å². The highest BCUT2D eigenvalue weighted by Crippen LogP contribution is 2.16. The number of halogens is 2. The first-order valence-corrected chi connectivity index (χ1v) is 6.95. The summed E-state index contributed by atoms with van der Waals surface area (Å²) in [5.74, 6) is 1.22. The number of hydrogen-bond acceptors (Lipinski definition) is 2. The molecule has 0 bridgehead atoms. The van der Waals surface area contributed by atoms with Crippen molar-refractivity contribution in [3.05, 3.63) is 29.8 Å². The Labute approximate surface area is 114 Å². The Hall–Kier alpha value is -0.440. The van der Waals surface area contributed by atoms with Crippen molar-refractivity contribution in [2.75, 3.05) is 29.7 Å². The first kappa shape index (κ1) is 14.6. The Balaban J connectivity index is 2.69. The minimum absolute atomic E-state index is 0.197. The molecule has 4 heteroatoms. The molecule has 0 heterocycles. The van der Waals surface area contributed by atoms with Gasteiger partial charge in [0, 0.05) is 36.6 Å². The van der Waals surface area contributed by atoms with Crippen LogP contribution >= 0.6 is 23.2 Å². The normalized spacial score (nSPS) is 12.5. The van der Waals surface area contributed by atoms with Gasteiger partial charge in [-0.2, -0.15) is 0 Å². The lowest BCUT2D eigenvalue weighted by molar-refractivity contribution is 0.738. The third-order valence-corrected chi connectivity index (χ3v) is 2.91. The van der Waals surface area contributed by atoms with Crippen molar-refractivity contribution in [3.8, 4) is 0 Å². The molecule has 0 aliphatic carbocycles. The lowest BCUT2D eigenvalue weighted by atomic mass is 10.1. The van der Waals surface area contributed by atoms with Crippen molar-refractivity contribution in [3.63, 3.8) is 0 Å². The number of alkyl halides is 2. The van der Waals surface area contributed by atoms with Crippen molar-refractivity contribution in [2.24, 2.45) is 5.73 Å². The van der Waals surface area contributed by atoms with Gasteiger partial charge in [-0.3, -0.25) is 0 Å². The molecule has 1 atom stereocenters. The quantitative estimate of drug-likeness (QED) is 0.775. The van der Waals surface area contributed by atoms with Gasteiger partial charge in [0.05, 0.1) is 0 Å². The second-order valence-corrected chi connectivity index (χ2v) is 4.97. The van der Waals surface area contributed by atoms with Crippen LogP contribution in [0.2, 0.25) is 0 Å². The van der Waals surface area contributed by atoms with Gasteiger partial charge in [-0.1, -0.05) is 12.1 Å². The Kier molecular flexibility index (Phi) is 6.71. The molecule has 0 aromatic heterocycles. The van der Waals surface area contributed by atoms with E-state index >= 15 is 0 Å². The van der Waals surface area contributed by atoms with Crippen LogP contribution in [0.4, 0.5) is 5.69 Å². The van der Waals surface area contributed by atoms with Crippen molar-refractivity contribution in [1.29, 1.82) is 0 Å². The van der Waals surface area contributed by atoms with Gasteiger partial charge in [0.25, 0.3) is 0 Å². The van der Waals surface area contributed by atoms with E-state index in [9.17, 15) is 0 Å². The fourth-order valence-corrected chi connectivity index (χ4v) is 2.20. The number of nitrogens with zero attached hydrogens (tertiary/aromatic N) is 1. The van der Waals surface area contributed by atoms with E-state index in [2.05, 4.69) is 29.2 Å². The van der Waals surface area contributed by atoms with Gasteiger partial charge in [0.15, 0.2) is 0 Å². The summed E-state index contributed by atoms with van der Waals surface area (Å²) in [6, 6.07) is 8.65. The van der Waals surface area contributed by atoms with E-state index in [1.54, 1.807) is 0 Å². The van der Waals surface area contributed by atoms with Gasteiger partial charge in [0.1, 0.15) is 0 Å². The molecule has 0 amide bonds. The van der Waals surface area contributed by atoms with Gasteiger partial charge in [-0.25, -0.2) is 0 Å². The summed E-state index contributed by atoms with van der Waals surface area (Å²) < 4.78 is 0. The van der Waals surface area contributed by atoms with E-state index in [-0.39, 0.29) is 6.04 Å². The summed E-state index contributed by atoms with van der Waals surface area (Å²) in [5, 5.41) is 0. The molecule has 0 radical (unpaired) electrons. The van der Waals surface area contributed by atoms with Crippen LogP contribution in [0.1, 0.15) is 12.5 Å². The zero-order valence-electron chi connectivity index (χ0n) is 10.2. The molecule has 0 saturated carbocycles. The maximum Gasteiger partial charge on any atom is 0.0399 e. The molecular formula is C13H20Cl2N2.